The monoisotopic (exact) mass is 297 g/mol. The topological polar surface area (TPSA) is 46.6 Å². The number of hydrogen-bond acceptors (Lipinski definition) is 3. The number of carbonyl (C=O) groups excluding carboxylic acids is 2. The lowest BCUT2D eigenvalue weighted by atomic mass is 9.86. The van der Waals surface area contributed by atoms with Crippen LogP contribution in [-0.4, -0.2) is 42.9 Å². The van der Waals surface area contributed by atoms with Gasteiger partial charge in [0, 0.05) is 25.4 Å². The SMILES string of the molecule is CC(C)C(=O)CCOCCC(=O)N1CCC(C(C)C)CC1. The molecule has 0 N–H and O–H groups in total. The van der Waals surface area contributed by atoms with E-state index in [-0.39, 0.29) is 17.6 Å². The Morgan fingerprint density at radius 1 is 1.05 bits per heavy atom. The maximum absolute atomic E-state index is 12.1. The van der Waals surface area contributed by atoms with Crippen LogP contribution in [0.15, 0.2) is 0 Å². The molecule has 1 rings (SSSR count). The molecular weight excluding hydrogens is 266 g/mol. The highest BCUT2D eigenvalue weighted by Crippen LogP contribution is 2.24. The van der Waals surface area contributed by atoms with Crippen LogP contribution in [-0.2, 0) is 14.3 Å². The zero-order valence-electron chi connectivity index (χ0n) is 14.1. The van der Waals surface area contributed by atoms with Crippen molar-refractivity contribution in [3.63, 3.8) is 0 Å². The second-order valence-electron chi connectivity index (χ2n) is 6.70. The molecule has 1 amide bonds. The maximum atomic E-state index is 12.1. The largest absolute Gasteiger partial charge is 0.380 e. The molecule has 0 aromatic rings. The van der Waals surface area contributed by atoms with Gasteiger partial charge in [0.15, 0.2) is 0 Å². The van der Waals surface area contributed by atoms with Gasteiger partial charge in [-0.05, 0) is 24.7 Å². The summed E-state index contributed by atoms with van der Waals surface area (Å²) in [5, 5.41) is 0. The number of ketones is 1. The third-order valence-electron chi connectivity index (χ3n) is 4.43. The molecule has 0 aromatic carbocycles. The number of piperidine rings is 1. The van der Waals surface area contributed by atoms with E-state index >= 15 is 0 Å². The van der Waals surface area contributed by atoms with Crippen LogP contribution >= 0.6 is 0 Å². The van der Waals surface area contributed by atoms with Gasteiger partial charge in [0.2, 0.25) is 5.91 Å². The van der Waals surface area contributed by atoms with Crippen molar-refractivity contribution in [3.05, 3.63) is 0 Å². The van der Waals surface area contributed by atoms with Gasteiger partial charge in [0.25, 0.3) is 0 Å². The van der Waals surface area contributed by atoms with Crippen molar-refractivity contribution in [1.29, 1.82) is 0 Å². The van der Waals surface area contributed by atoms with Gasteiger partial charge in [-0.15, -0.1) is 0 Å². The fraction of sp³-hybridized carbons (Fsp3) is 0.882. The van der Waals surface area contributed by atoms with Crippen LogP contribution in [0.2, 0.25) is 0 Å². The molecule has 4 nitrogen and oxygen atoms in total. The summed E-state index contributed by atoms with van der Waals surface area (Å²) >= 11 is 0. The molecule has 4 heteroatoms. The molecule has 0 bridgehead atoms. The highest BCUT2D eigenvalue weighted by atomic mass is 16.5. The van der Waals surface area contributed by atoms with Crippen molar-refractivity contribution in [2.75, 3.05) is 26.3 Å². The molecule has 0 unspecified atom stereocenters. The van der Waals surface area contributed by atoms with Gasteiger partial charge in [-0.1, -0.05) is 27.7 Å². The Bertz CT molecular complexity index is 331. The first-order chi connectivity index (χ1) is 9.91. The summed E-state index contributed by atoms with van der Waals surface area (Å²) < 4.78 is 5.41. The molecule has 0 spiro atoms. The van der Waals surface area contributed by atoms with E-state index in [0.29, 0.717) is 32.0 Å². The Morgan fingerprint density at radius 2 is 1.62 bits per heavy atom. The highest BCUT2D eigenvalue weighted by Gasteiger charge is 2.24. The predicted molar refractivity (Wildman–Crippen MR) is 84.0 cm³/mol. The van der Waals surface area contributed by atoms with E-state index in [1.165, 1.54) is 0 Å². The standard InChI is InChI=1S/C17H31NO3/c1-13(2)15-5-9-18(10-6-15)17(20)8-12-21-11-7-16(19)14(3)4/h13-15H,5-12H2,1-4H3. The average molecular weight is 297 g/mol. The fourth-order valence-electron chi connectivity index (χ4n) is 2.70. The molecule has 0 saturated carbocycles. The van der Waals surface area contributed by atoms with E-state index in [4.69, 9.17) is 4.74 Å². The predicted octanol–water partition coefficient (Wildman–Crippen LogP) is 2.90. The third-order valence-corrected chi connectivity index (χ3v) is 4.43. The van der Waals surface area contributed by atoms with Gasteiger partial charge in [0.1, 0.15) is 5.78 Å². The molecule has 1 saturated heterocycles. The second kappa shape index (κ2) is 9.19. The second-order valence-corrected chi connectivity index (χ2v) is 6.70. The summed E-state index contributed by atoms with van der Waals surface area (Å²) in [7, 11) is 0. The molecule has 1 heterocycles. The lowest BCUT2D eigenvalue weighted by Gasteiger charge is -2.34. The van der Waals surface area contributed by atoms with Gasteiger partial charge in [-0.25, -0.2) is 0 Å². The molecule has 0 atom stereocenters. The van der Waals surface area contributed by atoms with Crippen LogP contribution in [0.1, 0.15) is 53.4 Å². The normalized spacial score (nSPS) is 16.8. The summed E-state index contributed by atoms with van der Waals surface area (Å²) in [6.45, 7) is 10.9. The van der Waals surface area contributed by atoms with Crippen molar-refractivity contribution in [2.24, 2.45) is 17.8 Å². The Kier molecular flexibility index (Phi) is 7.94. The summed E-state index contributed by atoms with van der Waals surface area (Å²) in [6.07, 6.45) is 3.12. The van der Waals surface area contributed by atoms with Crippen molar-refractivity contribution in [2.45, 2.75) is 53.4 Å². The van der Waals surface area contributed by atoms with E-state index < -0.39 is 0 Å². The summed E-state index contributed by atoms with van der Waals surface area (Å²) in [4.78, 5) is 25.4. The van der Waals surface area contributed by atoms with Crippen LogP contribution in [0.5, 0.6) is 0 Å². The van der Waals surface area contributed by atoms with Gasteiger partial charge in [-0.3, -0.25) is 9.59 Å². The molecule has 1 aliphatic rings. The summed E-state index contributed by atoms with van der Waals surface area (Å²) in [6, 6.07) is 0. The molecule has 0 radical (unpaired) electrons. The van der Waals surface area contributed by atoms with Gasteiger partial charge >= 0.3 is 0 Å². The molecule has 1 aliphatic heterocycles. The number of Topliss-reactive ketones (excluding diaryl/α,β-unsaturated/α-hetero) is 1. The number of carbonyl (C=O) groups is 2. The van der Waals surface area contributed by atoms with Gasteiger partial charge in [-0.2, -0.15) is 0 Å². The summed E-state index contributed by atoms with van der Waals surface area (Å²) in [5.41, 5.74) is 0. The number of ether oxygens (including phenoxy) is 1. The van der Waals surface area contributed by atoms with E-state index in [9.17, 15) is 9.59 Å². The number of hydrogen-bond donors (Lipinski definition) is 0. The minimum absolute atomic E-state index is 0.0671. The van der Waals surface area contributed by atoms with E-state index in [1.54, 1.807) is 0 Å². The molecule has 21 heavy (non-hydrogen) atoms. The Morgan fingerprint density at radius 3 is 2.14 bits per heavy atom. The third kappa shape index (κ3) is 6.60. The van der Waals surface area contributed by atoms with Crippen LogP contribution in [0, 0.1) is 17.8 Å². The quantitative estimate of drug-likeness (QED) is 0.647. The minimum atomic E-state index is 0.0671. The lowest BCUT2D eigenvalue weighted by molar-refractivity contribution is -0.134. The zero-order chi connectivity index (χ0) is 15.8. The lowest BCUT2D eigenvalue weighted by Crippen LogP contribution is -2.39. The van der Waals surface area contributed by atoms with E-state index in [2.05, 4.69) is 13.8 Å². The zero-order valence-corrected chi connectivity index (χ0v) is 14.1. The smallest absolute Gasteiger partial charge is 0.224 e. The number of nitrogens with zero attached hydrogens (tertiary/aromatic N) is 1. The first-order valence-corrected chi connectivity index (χ1v) is 8.30. The van der Waals surface area contributed by atoms with Crippen molar-refractivity contribution < 1.29 is 14.3 Å². The average Bonchev–Trinajstić information content (AvgIpc) is 2.46. The van der Waals surface area contributed by atoms with Crippen LogP contribution in [0.25, 0.3) is 0 Å². The van der Waals surface area contributed by atoms with E-state index in [0.717, 1.165) is 31.8 Å². The molecule has 122 valence electrons. The van der Waals surface area contributed by atoms with Crippen molar-refractivity contribution in [1.82, 2.24) is 4.90 Å². The number of rotatable bonds is 8. The highest BCUT2D eigenvalue weighted by molar-refractivity contribution is 5.80. The summed E-state index contributed by atoms with van der Waals surface area (Å²) in [5.74, 6) is 1.94. The molecular formula is C17H31NO3. The Labute approximate surface area is 129 Å². The van der Waals surface area contributed by atoms with Crippen molar-refractivity contribution >= 4 is 11.7 Å². The Hall–Kier alpha value is -0.900. The number of amides is 1. The molecule has 1 fully saturated rings. The van der Waals surface area contributed by atoms with Crippen LogP contribution in [0.4, 0.5) is 0 Å². The van der Waals surface area contributed by atoms with Crippen molar-refractivity contribution in [3.8, 4) is 0 Å². The number of likely N-dealkylation sites (tertiary alicyclic amines) is 1. The van der Waals surface area contributed by atoms with E-state index in [1.807, 2.05) is 18.7 Å². The first-order valence-electron chi connectivity index (χ1n) is 8.30. The maximum Gasteiger partial charge on any atom is 0.224 e. The van der Waals surface area contributed by atoms with Crippen LogP contribution in [0.3, 0.4) is 0 Å². The molecule has 0 aromatic heterocycles. The van der Waals surface area contributed by atoms with Gasteiger partial charge < -0.3 is 9.64 Å². The fourth-order valence-corrected chi connectivity index (χ4v) is 2.70. The Balaban J connectivity index is 2.11. The minimum Gasteiger partial charge on any atom is -0.380 e. The molecule has 0 aliphatic carbocycles. The first kappa shape index (κ1) is 18.1. The van der Waals surface area contributed by atoms with Crippen LogP contribution < -0.4 is 0 Å². The van der Waals surface area contributed by atoms with Gasteiger partial charge in [0.05, 0.1) is 19.6 Å².